The number of aliphatic imine (C=N–C) groups is 1. The third kappa shape index (κ3) is 3.92. The fourth-order valence-corrected chi connectivity index (χ4v) is 4.16. The number of hydrogen-bond donors (Lipinski definition) is 0. The molecule has 1 aliphatic heterocycles. The molecule has 1 aliphatic rings. The molecule has 28 heavy (non-hydrogen) atoms. The Balaban J connectivity index is 0.00000280. The quantitative estimate of drug-likeness (QED) is 0.596. The molecular formula is C22H30IN3O2. The number of hydrogen-bond acceptors (Lipinski definition) is 3. The highest BCUT2D eigenvalue weighted by Gasteiger charge is 2.42. The summed E-state index contributed by atoms with van der Waals surface area (Å²) in [6, 6.07) is 16.8. The minimum Gasteiger partial charge on any atom is -0.497 e. The third-order valence-corrected chi connectivity index (χ3v) is 5.58. The topological polar surface area (TPSA) is 37.3 Å². The van der Waals surface area contributed by atoms with E-state index in [-0.39, 0.29) is 29.5 Å². The fraction of sp³-hybridized carbons (Fsp3) is 0.409. The van der Waals surface area contributed by atoms with Crippen molar-refractivity contribution in [3.05, 3.63) is 59.7 Å². The molecule has 0 aromatic heterocycles. The fourth-order valence-electron chi connectivity index (χ4n) is 4.16. The Kier molecular flexibility index (Phi) is 7.57. The number of benzene rings is 2. The number of halogens is 1. The average Bonchev–Trinajstić information content (AvgIpc) is 2.84. The van der Waals surface area contributed by atoms with Crippen LogP contribution in [0.5, 0.6) is 11.5 Å². The van der Waals surface area contributed by atoms with Crippen molar-refractivity contribution in [3.63, 3.8) is 0 Å². The molecule has 0 N–H and O–H groups in total. The smallest absolute Gasteiger partial charge is 0.196 e. The van der Waals surface area contributed by atoms with E-state index in [9.17, 15) is 0 Å². The van der Waals surface area contributed by atoms with Gasteiger partial charge in [-0.1, -0.05) is 24.3 Å². The van der Waals surface area contributed by atoms with E-state index in [4.69, 9.17) is 9.47 Å². The van der Waals surface area contributed by atoms with Crippen LogP contribution in [0.25, 0.3) is 0 Å². The van der Waals surface area contributed by atoms with E-state index < -0.39 is 0 Å². The van der Waals surface area contributed by atoms with Gasteiger partial charge in [0.25, 0.3) is 0 Å². The van der Waals surface area contributed by atoms with Crippen LogP contribution in [0.15, 0.2) is 53.5 Å². The molecule has 0 atom stereocenters. The van der Waals surface area contributed by atoms with Crippen LogP contribution in [0.3, 0.4) is 0 Å². The minimum absolute atomic E-state index is 0. The second-order valence-corrected chi connectivity index (χ2v) is 6.93. The van der Waals surface area contributed by atoms with Gasteiger partial charge >= 0.3 is 0 Å². The Labute approximate surface area is 185 Å². The molecule has 0 unspecified atom stereocenters. The van der Waals surface area contributed by atoms with E-state index in [0.29, 0.717) is 0 Å². The van der Waals surface area contributed by atoms with Gasteiger partial charge in [-0.25, -0.2) is 0 Å². The molecule has 1 fully saturated rings. The molecule has 5 nitrogen and oxygen atoms in total. The van der Waals surface area contributed by atoms with Gasteiger partial charge in [-0.15, -0.1) is 24.0 Å². The highest BCUT2D eigenvalue weighted by Crippen LogP contribution is 2.42. The maximum atomic E-state index is 5.37. The molecule has 0 saturated carbocycles. The van der Waals surface area contributed by atoms with Crippen LogP contribution in [0.4, 0.5) is 0 Å². The summed E-state index contributed by atoms with van der Waals surface area (Å²) in [7, 11) is 9.50. The molecule has 0 bridgehead atoms. The average molecular weight is 495 g/mol. The SMILES string of the molecule is CN=C1N(C)CCCC(c2ccc(OC)cc2)(c2ccc(OC)cc2)N1C.I. The molecule has 3 rings (SSSR count). The summed E-state index contributed by atoms with van der Waals surface area (Å²) in [5.74, 6) is 2.71. The predicted octanol–water partition coefficient (Wildman–Crippen LogP) is 4.21. The van der Waals surface area contributed by atoms with Gasteiger partial charge in [0.05, 0.1) is 19.8 Å². The molecule has 0 radical (unpaired) electrons. The van der Waals surface area contributed by atoms with E-state index in [0.717, 1.165) is 36.8 Å². The van der Waals surface area contributed by atoms with Gasteiger partial charge in [-0.3, -0.25) is 4.99 Å². The van der Waals surface area contributed by atoms with Crippen molar-refractivity contribution in [1.29, 1.82) is 0 Å². The number of nitrogens with zero attached hydrogens (tertiary/aromatic N) is 3. The van der Waals surface area contributed by atoms with Crippen LogP contribution in [0.1, 0.15) is 24.0 Å². The normalized spacial score (nSPS) is 17.7. The van der Waals surface area contributed by atoms with Crippen LogP contribution < -0.4 is 9.47 Å². The first-order valence-electron chi connectivity index (χ1n) is 9.27. The lowest BCUT2D eigenvalue weighted by molar-refractivity contribution is 0.239. The van der Waals surface area contributed by atoms with Crippen LogP contribution in [0.2, 0.25) is 0 Å². The van der Waals surface area contributed by atoms with Crippen LogP contribution >= 0.6 is 24.0 Å². The Morgan fingerprint density at radius 2 is 1.32 bits per heavy atom. The molecule has 0 spiro atoms. The Morgan fingerprint density at radius 1 is 0.857 bits per heavy atom. The van der Waals surface area contributed by atoms with Crippen molar-refractivity contribution in [1.82, 2.24) is 9.80 Å². The summed E-state index contributed by atoms with van der Waals surface area (Å²) in [6.07, 6.45) is 2.06. The molecule has 1 heterocycles. The van der Waals surface area contributed by atoms with Gasteiger partial charge in [0, 0.05) is 27.7 Å². The standard InChI is InChI=1S/C22H29N3O2.HI/c1-23-21-24(2)16-6-15-22(25(21)3,17-7-11-19(26-4)12-8-17)18-9-13-20(27-5)14-10-18;/h7-14H,6,15-16H2,1-5H3;1H. The number of ether oxygens (including phenoxy) is 2. The summed E-state index contributed by atoms with van der Waals surface area (Å²) in [5, 5.41) is 0. The zero-order valence-electron chi connectivity index (χ0n) is 17.3. The molecule has 2 aromatic carbocycles. The number of methoxy groups -OCH3 is 2. The first-order valence-corrected chi connectivity index (χ1v) is 9.27. The number of guanidine groups is 1. The summed E-state index contributed by atoms with van der Waals surface area (Å²) >= 11 is 0. The van der Waals surface area contributed by atoms with E-state index >= 15 is 0 Å². The van der Waals surface area contributed by atoms with E-state index in [2.05, 4.69) is 53.2 Å². The maximum Gasteiger partial charge on any atom is 0.196 e. The van der Waals surface area contributed by atoms with Crippen molar-refractivity contribution in [3.8, 4) is 11.5 Å². The minimum atomic E-state index is -0.307. The Bertz CT molecular complexity index is 743. The highest BCUT2D eigenvalue weighted by molar-refractivity contribution is 14.0. The maximum absolute atomic E-state index is 5.37. The van der Waals surface area contributed by atoms with E-state index in [1.54, 1.807) is 14.2 Å². The van der Waals surface area contributed by atoms with Gasteiger partial charge in [0.1, 0.15) is 11.5 Å². The summed E-state index contributed by atoms with van der Waals surface area (Å²) < 4.78 is 10.7. The summed E-state index contributed by atoms with van der Waals surface area (Å²) in [6.45, 7) is 0.977. The zero-order chi connectivity index (χ0) is 19.4. The lowest BCUT2D eigenvalue weighted by Gasteiger charge is -2.44. The monoisotopic (exact) mass is 495 g/mol. The molecule has 0 aliphatic carbocycles. The molecule has 6 heteroatoms. The van der Waals surface area contributed by atoms with Gasteiger partial charge < -0.3 is 19.3 Å². The summed E-state index contributed by atoms with van der Waals surface area (Å²) in [5.41, 5.74) is 2.15. The van der Waals surface area contributed by atoms with E-state index in [1.165, 1.54) is 11.1 Å². The summed E-state index contributed by atoms with van der Waals surface area (Å²) in [4.78, 5) is 9.14. The highest BCUT2D eigenvalue weighted by atomic mass is 127. The molecule has 2 aromatic rings. The molecule has 152 valence electrons. The van der Waals surface area contributed by atoms with Crippen LogP contribution in [0, 0.1) is 0 Å². The van der Waals surface area contributed by atoms with Crippen molar-refractivity contribution in [2.75, 3.05) is 41.9 Å². The van der Waals surface area contributed by atoms with Crippen molar-refractivity contribution in [2.45, 2.75) is 18.4 Å². The largest absolute Gasteiger partial charge is 0.497 e. The van der Waals surface area contributed by atoms with Crippen molar-refractivity contribution < 1.29 is 9.47 Å². The molecule has 1 saturated heterocycles. The van der Waals surface area contributed by atoms with E-state index in [1.807, 2.05) is 31.3 Å². The molecular weight excluding hydrogens is 465 g/mol. The molecule has 0 amide bonds. The van der Waals surface area contributed by atoms with Crippen molar-refractivity contribution in [2.24, 2.45) is 4.99 Å². The first-order chi connectivity index (χ1) is 13.1. The first kappa shape index (κ1) is 22.3. The van der Waals surface area contributed by atoms with Crippen LogP contribution in [-0.4, -0.2) is 57.7 Å². The Hall–Kier alpha value is -1.96. The predicted molar refractivity (Wildman–Crippen MR) is 125 cm³/mol. The second-order valence-electron chi connectivity index (χ2n) is 6.93. The van der Waals surface area contributed by atoms with Crippen molar-refractivity contribution >= 4 is 29.9 Å². The zero-order valence-corrected chi connectivity index (χ0v) is 19.6. The lowest BCUT2D eigenvalue weighted by atomic mass is 9.78. The van der Waals surface area contributed by atoms with Crippen LogP contribution in [-0.2, 0) is 5.54 Å². The van der Waals surface area contributed by atoms with Gasteiger partial charge in [0.2, 0.25) is 0 Å². The van der Waals surface area contributed by atoms with Gasteiger partial charge in [-0.05, 0) is 48.2 Å². The lowest BCUT2D eigenvalue weighted by Crippen LogP contribution is -2.50. The second kappa shape index (κ2) is 9.49. The Morgan fingerprint density at radius 3 is 1.71 bits per heavy atom. The number of rotatable bonds is 4. The van der Waals surface area contributed by atoms with Gasteiger partial charge in [0.15, 0.2) is 5.96 Å². The third-order valence-electron chi connectivity index (χ3n) is 5.58. The van der Waals surface area contributed by atoms with Gasteiger partial charge in [-0.2, -0.15) is 0 Å².